The highest BCUT2D eigenvalue weighted by Gasteiger charge is 2.17. The summed E-state index contributed by atoms with van der Waals surface area (Å²) in [4.78, 5) is 24.0. The molecule has 0 fully saturated rings. The summed E-state index contributed by atoms with van der Waals surface area (Å²) in [5.41, 5.74) is 14.4. The molecule has 10 nitrogen and oxygen atoms in total. The highest BCUT2D eigenvalue weighted by atomic mass is 16.5. The second-order valence-corrected chi connectivity index (χ2v) is 17.4. The average molecular weight is 954 g/mol. The third-order valence-electron chi connectivity index (χ3n) is 10.8. The van der Waals surface area contributed by atoms with Crippen LogP contribution in [0.2, 0.25) is 0 Å². The molecule has 0 amide bonds. The van der Waals surface area contributed by atoms with Crippen LogP contribution in [0.5, 0.6) is 17.2 Å². The Balaban J connectivity index is -0.00000169. The standard InChI is InChI=1S/C61H51N7O3.12H2/c1-8-9-10-11-12-13-14-15-16-17-34-69-53-26-18-45(19-27-53)59-55-30-22-49(62-55)39-51-24-32-57(64-51)60(58-33-25-52(65-58)40-50-23-31-56(59)63-50)46-20-28-54(29-21-46)70-35-36-71-61-47(42-67(4)5)37-44(41-66(2)3)38-48(61)43-68(6)7;;;;;;;;;;;;/h1,18-33,37-40,62,65H,35-36,41-43H2,2-7H3;12*1H. The highest BCUT2D eigenvalue weighted by Crippen LogP contribution is 2.34. The summed E-state index contributed by atoms with van der Waals surface area (Å²) in [5.74, 6) is 27.3. The number of hydrogen-bond acceptors (Lipinski definition) is 8. The summed E-state index contributed by atoms with van der Waals surface area (Å²) >= 11 is 0. The van der Waals surface area contributed by atoms with Gasteiger partial charge in [0.15, 0.2) is 0 Å². The van der Waals surface area contributed by atoms with Gasteiger partial charge in [0, 0.05) is 111 Å². The quantitative estimate of drug-likeness (QED) is 0.0822. The lowest BCUT2D eigenvalue weighted by Gasteiger charge is -2.23. The SMILES string of the molecule is C#CC#CC#CC#CC#CC#COc1ccc(-c2c3nc(cc4ccc([nH]4)c(-c4ccc(OCCOc5c(CN(C)C)cc(CN(C)C)cc5CN(C)C)cc4)c4nc(cc5ccc2[nH]5)C=C4)C=C3)cc1.[HH].[HH].[HH].[HH].[HH].[HH].[HH].[HH].[HH].[HH].[HH].[HH]. The number of H-pyrrole nitrogens is 2. The van der Waals surface area contributed by atoms with Gasteiger partial charge in [-0.05, 0) is 186 Å². The molecule has 0 unspecified atom stereocenters. The molecule has 0 radical (unpaired) electrons. The second-order valence-electron chi connectivity index (χ2n) is 17.4. The van der Waals surface area contributed by atoms with Crippen molar-refractivity contribution in [3.8, 4) is 111 Å². The van der Waals surface area contributed by atoms with Crippen LogP contribution in [0.1, 0.15) is 56.6 Å². The molecule has 2 aliphatic heterocycles. The van der Waals surface area contributed by atoms with Gasteiger partial charge in [-0.15, -0.1) is 6.42 Å². The highest BCUT2D eigenvalue weighted by molar-refractivity contribution is 5.93. The number of hydrogen-bond donors (Lipinski definition) is 2. The van der Waals surface area contributed by atoms with E-state index in [9.17, 15) is 0 Å². The summed E-state index contributed by atoms with van der Waals surface area (Å²) < 4.78 is 18.4. The van der Waals surface area contributed by atoms with E-state index in [2.05, 4.69) is 187 Å². The van der Waals surface area contributed by atoms with E-state index < -0.39 is 0 Å². The van der Waals surface area contributed by atoms with Gasteiger partial charge >= 0.3 is 0 Å². The molecule has 0 spiro atoms. The number of aromatic amines is 2. The molecule has 0 aliphatic carbocycles. The van der Waals surface area contributed by atoms with Crippen LogP contribution in [0.15, 0.2) is 97.1 Å². The molecule has 0 saturated heterocycles. The Bertz CT molecular complexity index is 3580. The van der Waals surface area contributed by atoms with Gasteiger partial charge in [-0.1, -0.05) is 24.3 Å². The average Bonchev–Trinajstić information content (AvgIpc) is 4.19. The molecule has 0 saturated carbocycles. The van der Waals surface area contributed by atoms with E-state index in [0.717, 1.165) is 98.2 Å². The number of terminal acetylenes is 1. The lowest BCUT2D eigenvalue weighted by Crippen LogP contribution is -2.19. The Kier molecular flexibility index (Phi) is 15.9. The molecule has 372 valence electrons. The van der Waals surface area contributed by atoms with E-state index in [4.69, 9.17) is 30.6 Å². The van der Waals surface area contributed by atoms with Crippen molar-refractivity contribution in [3.05, 3.63) is 137 Å². The fraction of sp³-hybridized carbons (Fsp3) is 0.180. The molecule has 8 rings (SSSR count). The van der Waals surface area contributed by atoms with Gasteiger partial charge in [0.05, 0.1) is 22.8 Å². The van der Waals surface area contributed by atoms with Gasteiger partial charge in [0.25, 0.3) is 0 Å². The van der Waals surface area contributed by atoms with E-state index in [1.165, 1.54) is 16.7 Å². The van der Waals surface area contributed by atoms with Crippen molar-refractivity contribution < 1.29 is 31.3 Å². The van der Waals surface area contributed by atoms with Gasteiger partial charge in [-0.2, -0.15) is 0 Å². The largest absolute Gasteiger partial charge is 0.490 e. The van der Waals surface area contributed by atoms with Crippen LogP contribution >= 0.6 is 0 Å². The van der Waals surface area contributed by atoms with Crippen LogP contribution in [-0.4, -0.2) is 90.1 Å². The van der Waals surface area contributed by atoms with Crippen molar-refractivity contribution in [2.45, 2.75) is 19.6 Å². The van der Waals surface area contributed by atoms with Crippen molar-refractivity contribution >= 4 is 46.4 Å². The maximum atomic E-state index is 6.54. The molecule has 2 aliphatic rings. The van der Waals surface area contributed by atoms with Gasteiger partial charge in [-0.25, -0.2) is 9.97 Å². The molecule has 2 N–H and O–H groups in total. The van der Waals surface area contributed by atoms with E-state index in [0.29, 0.717) is 19.0 Å². The molecule has 8 bridgehead atoms. The number of nitrogens with one attached hydrogen (secondary N) is 2. The zero-order valence-corrected chi connectivity index (χ0v) is 40.6. The minimum Gasteiger partial charge on any atom is -0.490 e. The van der Waals surface area contributed by atoms with Crippen molar-refractivity contribution in [2.75, 3.05) is 55.5 Å². The number of nitrogens with zero attached hydrogens (tertiary/aromatic N) is 5. The molecule has 10 heteroatoms. The van der Waals surface area contributed by atoms with Crippen molar-refractivity contribution in [2.24, 2.45) is 0 Å². The molecule has 3 aromatic heterocycles. The first-order chi connectivity index (χ1) is 34.6. The fourth-order valence-electron chi connectivity index (χ4n) is 8.14. The molecule has 3 aromatic carbocycles. The summed E-state index contributed by atoms with van der Waals surface area (Å²) in [5, 5.41) is 0. The van der Waals surface area contributed by atoms with E-state index in [-0.39, 0.29) is 17.1 Å². The first kappa shape index (κ1) is 48.4. The Morgan fingerprint density at radius 1 is 0.507 bits per heavy atom. The smallest absolute Gasteiger partial charge is 0.140 e. The van der Waals surface area contributed by atoms with Gasteiger partial charge < -0.3 is 38.9 Å². The maximum absolute atomic E-state index is 6.54. The normalized spacial score (nSPS) is 10.9. The van der Waals surface area contributed by atoms with Gasteiger partial charge in [0.2, 0.25) is 0 Å². The lowest BCUT2D eigenvalue weighted by molar-refractivity contribution is 0.211. The molecule has 0 atom stereocenters. The molecule has 71 heavy (non-hydrogen) atoms. The minimum atomic E-state index is 0. The monoisotopic (exact) mass is 954 g/mol. The van der Waals surface area contributed by atoms with E-state index >= 15 is 0 Å². The van der Waals surface area contributed by atoms with Crippen LogP contribution in [0.3, 0.4) is 0 Å². The van der Waals surface area contributed by atoms with Crippen molar-refractivity contribution in [3.63, 3.8) is 0 Å². The van der Waals surface area contributed by atoms with Crippen LogP contribution < -0.4 is 14.2 Å². The third-order valence-corrected chi connectivity index (χ3v) is 10.8. The first-order valence-corrected chi connectivity index (χ1v) is 22.9. The van der Waals surface area contributed by atoms with Gasteiger partial charge in [0.1, 0.15) is 36.6 Å². The second kappa shape index (κ2) is 23.3. The maximum Gasteiger partial charge on any atom is 0.140 e. The Morgan fingerprint density at radius 2 is 0.972 bits per heavy atom. The molecule has 5 heterocycles. The number of rotatable bonds is 14. The van der Waals surface area contributed by atoms with Crippen molar-refractivity contribution in [1.29, 1.82) is 0 Å². The first-order valence-electron chi connectivity index (χ1n) is 22.9. The van der Waals surface area contributed by atoms with Gasteiger partial charge in [-0.3, -0.25) is 0 Å². The summed E-state index contributed by atoms with van der Waals surface area (Å²) in [7, 11) is 12.5. The number of aromatic nitrogens is 4. The molecular formula is C61H75N7O3. The molecule has 6 aromatic rings. The zero-order chi connectivity index (χ0) is 49.5. The fourth-order valence-corrected chi connectivity index (χ4v) is 8.14. The minimum absolute atomic E-state index is 0. The Hall–Kier alpha value is -9.10. The van der Waals surface area contributed by atoms with Crippen LogP contribution in [0.25, 0.3) is 68.6 Å². The predicted molar refractivity (Wildman–Crippen MR) is 313 cm³/mol. The topological polar surface area (TPSA) is 94.8 Å². The molecular weight excluding hydrogens is 879 g/mol. The lowest BCUT2D eigenvalue weighted by atomic mass is 10.0. The van der Waals surface area contributed by atoms with E-state index in [1.807, 2.05) is 66.8 Å². The van der Waals surface area contributed by atoms with Crippen LogP contribution in [0, 0.1) is 71.7 Å². The third kappa shape index (κ3) is 13.1. The van der Waals surface area contributed by atoms with Crippen LogP contribution in [0.4, 0.5) is 0 Å². The summed E-state index contributed by atoms with van der Waals surface area (Å²) in [6, 6.07) is 32.7. The Labute approximate surface area is 434 Å². The predicted octanol–water partition coefficient (Wildman–Crippen LogP) is 12.6. The van der Waals surface area contributed by atoms with E-state index in [1.54, 1.807) is 0 Å². The summed E-state index contributed by atoms with van der Waals surface area (Å²) in [6.07, 6.45) is 15.8. The summed E-state index contributed by atoms with van der Waals surface area (Å²) in [6.45, 7) is 3.22. The number of benzene rings is 3. The number of fused-ring (bicyclic) bond motifs is 8. The zero-order valence-electron chi connectivity index (χ0n) is 40.6. The number of ether oxygens (including phenoxy) is 3. The Morgan fingerprint density at radius 3 is 1.46 bits per heavy atom. The van der Waals surface area contributed by atoms with Crippen LogP contribution in [-0.2, 0) is 19.6 Å². The van der Waals surface area contributed by atoms with Crippen molar-refractivity contribution in [1.82, 2.24) is 34.6 Å².